The molecule has 0 aliphatic rings. The van der Waals surface area contributed by atoms with Crippen molar-refractivity contribution in [1.29, 1.82) is 0 Å². The highest BCUT2D eigenvalue weighted by atomic mass is 14.7. The van der Waals surface area contributed by atoms with Crippen LogP contribution >= 0.6 is 0 Å². The molecular formula is C12H14N2. The van der Waals surface area contributed by atoms with Gasteiger partial charge in [-0.05, 0) is 36.2 Å². The molecule has 0 saturated heterocycles. The van der Waals surface area contributed by atoms with E-state index in [1.165, 1.54) is 11.1 Å². The van der Waals surface area contributed by atoms with Crippen LogP contribution in [0.25, 0.3) is 11.3 Å². The fourth-order valence-electron chi connectivity index (χ4n) is 1.53. The monoisotopic (exact) mass is 186 g/mol. The van der Waals surface area contributed by atoms with Gasteiger partial charge in [-0.3, -0.25) is 0 Å². The quantitative estimate of drug-likeness (QED) is 0.758. The van der Waals surface area contributed by atoms with E-state index in [1.54, 1.807) is 0 Å². The predicted octanol–water partition coefficient (Wildman–Crippen LogP) is 2.18. The van der Waals surface area contributed by atoms with Gasteiger partial charge >= 0.3 is 0 Å². The second kappa shape index (κ2) is 4.11. The van der Waals surface area contributed by atoms with Crippen LogP contribution in [0, 0.1) is 0 Å². The maximum atomic E-state index is 5.49. The maximum Gasteiger partial charge on any atom is 0.0453 e. The summed E-state index contributed by atoms with van der Waals surface area (Å²) in [7, 11) is 0. The first-order chi connectivity index (χ1) is 6.90. The van der Waals surface area contributed by atoms with Crippen LogP contribution in [0.3, 0.4) is 0 Å². The molecule has 0 aliphatic heterocycles. The lowest BCUT2D eigenvalue weighted by Crippen LogP contribution is -2.02. The fourth-order valence-corrected chi connectivity index (χ4v) is 1.53. The molecule has 2 heteroatoms. The smallest absolute Gasteiger partial charge is 0.0453 e. The normalized spacial score (nSPS) is 10.4. The molecule has 1 aromatic carbocycles. The van der Waals surface area contributed by atoms with Crippen LogP contribution in [0.1, 0.15) is 5.56 Å². The summed E-state index contributed by atoms with van der Waals surface area (Å²) in [6.07, 6.45) is 2.88. The molecule has 72 valence electrons. The Labute approximate surface area is 83.8 Å². The van der Waals surface area contributed by atoms with Crippen LogP contribution in [0.5, 0.6) is 0 Å². The lowest BCUT2D eigenvalue weighted by molar-refractivity contribution is 0.969. The van der Waals surface area contributed by atoms with Gasteiger partial charge in [-0.15, -0.1) is 0 Å². The van der Waals surface area contributed by atoms with Crippen LogP contribution in [0.4, 0.5) is 0 Å². The van der Waals surface area contributed by atoms with E-state index in [9.17, 15) is 0 Å². The molecule has 0 aliphatic carbocycles. The van der Waals surface area contributed by atoms with E-state index in [0.717, 1.165) is 12.1 Å². The molecule has 3 N–H and O–H groups in total. The van der Waals surface area contributed by atoms with Gasteiger partial charge in [0, 0.05) is 11.9 Å². The van der Waals surface area contributed by atoms with Crippen molar-refractivity contribution in [3.05, 3.63) is 48.2 Å². The van der Waals surface area contributed by atoms with Crippen molar-refractivity contribution in [3.8, 4) is 11.3 Å². The molecule has 2 rings (SSSR count). The lowest BCUT2D eigenvalue weighted by atomic mass is 10.1. The van der Waals surface area contributed by atoms with Crippen molar-refractivity contribution in [3.63, 3.8) is 0 Å². The topological polar surface area (TPSA) is 41.8 Å². The molecule has 0 unspecified atom stereocenters. The zero-order valence-corrected chi connectivity index (χ0v) is 8.03. The average Bonchev–Trinajstić information content (AvgIpc) is 2.72. The molecule has 0 amide bonds. The standard InChI is InChI=1S/C12H14N2/c13-8-7-10-3-5-11(6-4-10)12-2-1-9-14-12/h1-6,9,14H,7-8,13H2. The van der Waals surface area contributed by atoms with Gasteiger partial charge in [-0.25, -0.2) is 0 Å². The Hall–Kier alpha value is -1.54. The first-order valence-electron chi connectivity index (χ1n) is 4.83. The number of hydrogen-bond donors (Lipinski definition) is 2. The third-order valence-corrected chi connectivity index (χ3v) is 2.30. The van der Waals surface area contributed by atoms with Crippen molar-refractivity contribution >= 4 is 0 Å². The number of aromatic nitrogens is 1. The van der Waals surface area contributed by atoms with Crippen molar-refractivity contribution in [1.82, 2.24) is 4.98 Å². The molecule has 0 atom stereocenters. The van der Waals surface area contributed by atoms with Gasteiger partial charge in [0.1, 0.15) is 0 Å². The van der Waals surface area contributed by atoms with Gasteiger partial charge in [0.05, 0.1) is 0 Å². The van der Waals surface area contributed by atoms with E-state index in [0.29, 0.717) is 6.54 Å². The van der Waals surface area contributed by atoms with Crippen LogP contribution in [-0.2, 0) is 6.42 Å². The average molecular weight is 186 g/mol. The summed E-state index contributed by atoms with van der Waals surface area (Å²) in [6.45, 7) is 0.710. The van der Waals surface area contributed by atoms with Crippen molar-refractivity contribution in [2.45, 2.75) is 6.42 Å². The van der Waals surface area contributed by atoms with Crippen molar-refractivity contribution in [2.75, 3.05) is 6.54 Å². The minimum Gasteiger partial charge on any atom is -0.361 e. The van der Waals surface area contributed by atoms with Gasteiger partial charge in [-0.2, -0.15) is 0 Å². The zero-order valence-electron chi connectivity index (χ0n) is 8.03. The molecule has 0 fully saturated rings. The SMILES string of the molecule is NCCc1ccc(-c2ccc[nH]2)cc1. The second-order valence-electron chi connectivity index (χ2n) is 3.32. The van der Waals surface area contributed by atoms with E-state index in [2.05, 4.69) is 35.3 Å². The summed E-state index contributed by atoms with van der Waals surface area (Å²) in [4.78, 5) is 3.18. The Morgan fingerprint density at radius 2 is 1.86 bits per heavy atom. The highest BCUT2D eigenvalue weighted by molar-refractivity contribution is 5.59. The van der Waals surface area contributed by atoms with Gasteiger partial charge < -0.3 is 10.7 Å². The molecule has 0 radical (unpaired) electrons. The molecule has 1 heterocycles. The Balaban J connectivity index is 2.22. The third kappa shape index (κ3) is 1.86. The molecule has 2 nitrogen and oxygen atoms in total. The third-order valence-electron chi connectivity index (χ3n) is 2.30. The molecule has 0 bridgehead atoms. The van der Waals surface area contributed by atoms with E-state index in [-0.39, 0.29) is 0 Å². The molecule has 2 aromatic rings. The number of H-pyrrole nitrogens is 1. The first kappa shape index (κ1) is 9.03. The zero-order chi connectivity index (χ0) is 9.80. The second-order valence-corrected chi connectivity index (χ2v) is 3.32. The molecule has 14 heavy (non-hydrogen) atoms. The Kier molecular flexibility index (Phi) is 2.65. The van der Waals surface area contributed by atoms with Gasteiger partial charge in [-0.1, -0.05) is 24.3 Å². The van der Waals surface area contributed by atoms with Crippen LogP contribution in [0.15, 0.2) is 42.6 Å². The number of aromatic amines is 1. The van der Waals surface area contributed by atoms with Gasteiger partial charge in [0.25, 0.3) is 0 Å². The van der Waals surface area contributed by atoms with Gasteiger partial charge in [0.2, 0.25) is 0 Å². The summed E-state index contributed by atoms with van der Waals surface area (Å²) < 4.78 is 0. The van der Waals surface area contributed by atoms with E-state index in [1.807, 2.05) is 12.3 Å². The molecule has 0 spiro atoms. The van der Waals surface area contributed by atoms with Crippen molar-refractivity contribution in [2.24, 2.45) is 5.73 Å². The fraction of sp³-hybridized carbons (Fsp3) is 0.167. The minimum atomic E-state index is 0.710. The van der Waals surface area contributed by atoms with Crippen molar-refractivity contribution < 1.29 is 0 Å². The van der Waals surface area contributed by atoms with E-state index < -0.39 is 0 Å². The number of benzene rings is 1. The van der Waals surface area contributed by atoms with E-state index >= 15 is 0 Å². The summed E-state index contributed by atoms with van der Waals surface area (Å²) in [5.41, 5.74) is 9.16. The predicted molar refractivity (Wildman–Crippen MR) is 59.0 cm³/mol. The van der Waals surface area contributed by atoms with Crippen LogP contribution < -0.4 is 5.73 Å². The summed E-state index contributed by atoms with van der Waals surface area (Å²) in [6, 6.07) is 12.6. The summed E-state index contributed by atoms with van der Waals surface area (Å²) in [5.74, 6) is 0. The number of rotatable bonds is 3. The highest BCUT2D eigenvalue weighted by Gasteiger charge is 1.97. The molecule has 1 aromatic heterocycles. The molecule has 0 saturated carbocycles. The van der Waals surface area contributed by atoms with Crippen LogP contribution in [-0.4, -0.2) is 11.5 Å². The van der Waals surface area contributed by atoms with E-state index in [4.69, 9.17) is 5.73 Å². The number of hydrogen-bond acceptors (Lipinski definition) is 1. The Bertz CT molecular complexity index is 373. The van der Waals surface area contributed by atoms with Gasteiger partial charge in [0.15, 0.2) is 0 Å². The van der Waals surface area contributed by atoms with Crippen LogP contribution in [0.2, 0.25) is 0 Å². The summed E-state index contributed by atoms with van der Waals surface area (Å²) >= 11 is 0. The number of nitrogens with two attached hydrogens (primary N) is 1. The summed E-state index contributed by atoms with van der Waals surface area (Å²) in [5, 5.41) is 0. The maximum absolute atomic E-state index is 5.49. The highest BCUT2D eigenvalue weighted by Crippen LogP contribution is 2.17. The minimum absolute atomic E-state index is 0.710. The Morgan fingerprint density at radius 3 is 2.43 bits per heavy atom. The molecular weight excluding hydrogens is 172 g/mol. The number of nitrogens with one attached hydrogen (secondary N) is 1. The lowest BCUT2D eigenvalue weighted by Gasteiger charge is -2.01. The Morgan fingerprint density at radius 1 is 1.07 bits per heavy atom. The first-order valence-corrected chi connectivity index (χ1v) is 4.83. The largest absolute Gasteiger partial charge is 0.361 e.